The molecule has 0 aliphatic rings. The molecule has 2 aromatic rings. The molecule has 2 aromatic heterocycles. The summed E-state index contributed by atoms with van der Waals surface area (Å²) < 4.78 is 2.78. The average molecular weight is 284 g/mol. The molecule has 0 unspecified atom stereocenters. The summed E-state index contributed by atoms with van der Waals surface area (Å²) in [5.41, 5.74) is 1.05. The van der Waals surface area contributed by atoms with Crippen LogP contribution in [0.5, 0.6) is 0 Å². The average Bonchev–Trinajstić information content (AvgIpc) is 2.57. The van der Waals surface area contributed by atoms with Gasteiger partial charge in [-0.3, -0.25) is 4.79 Å². The van der Waals surface area contributed by atoms with Crippen LogP contribution in [-0.4, -0.2) is 4.57 Å². The van der Waals surface area contributed by atoms with Gasteiger partial charge in [0, 0.05) is 21.6 Å². The lowest BCUT2D eigenvalue weighted by atomic mass is 10.3. The number of nitrogens with zero attached hydrogens (tertiary/aromatic N) is 1. The first-order chi connectivity index (χ1) is 7.16. The SMILES string of the molecule is Cc1ccn(Cc2sccc2Br)c(=O)c1. The van der Waals surface area contributed by atoms with E-state index in [1.807, 2.05) is 30.6 Å². The van der Waals surface area contributed by atoms with Gasteiger partial charge in [-0.25, -0.2) is 0 Å². The van der Waals surface area contributed by atoms with Gasteiger partial charge in [0.15, 0.2) is 0 Å². The van der Waals surface area contributed by atoms with Gasteiger partial charge in [0.25, 0.3) is 5.56 Å². The first kappa shape index (κ1) is 10.6. The maximum Gasteiger partial charge on any atom is 0.251 e. The molecular weight excluding hydrogens is 274 g/mol. The third-order valence-corrected chi connectivity index (χ3v) is 4.07. The van der Waals surface area contributed by atoms with Crippen LogP contribution in [0, 0.1) is 6.92 Å². The Bertz CT molecular complexity index is 529. The van der Waals surface area contributed by atoms with E-state index in [4.69, 9.17) is 0 Å². The lowest BCUT2D eigenvalue weighted by Gasteiger charge is -2.04. The van der Waals surface area contributed by atoms with Gasteiger partial charge in [-0.2, -0.15) is 0 Å². The molecule has 0 N–H and O–H groups in total. The molecule has 0 radical (unpaired) electrons. The zero-order valence-electron chi connectivity index (χ0n) is 8.24. The Morgan fingerprint density at radius 2 is 2.27 bits per heavy atom. The summed E-state index contributed by atoms with van der Waals surface area (Å²) in [6.07, 6.45) is 1.84. The summed E-state index contributed by atoms with van der Waals surface area (Å²) in [6, 6.07) is 5.60. The van der Waals surface area contributed by atoms with Crippen LogP contribution in [-0.2, 0) is 6.54 Å². The minimum Gasteiger partial charge on any atom is -0.310 e. The van der Waals surface area contributed by atoms with Crippen molar-refractivity contribution in [1.29, 1.82) is 0 Å². The molecule has 0 amide bonds. The van der Waals surface area contributed by atoms with Crippen molar-refractivity contribution in [2.45, 2.75) is 13.5 Å². The van der Waals surface area contributed by atoms with Crippen molar-refractivity contribution in [1.82, 2.24) is 4.57 Å². The number of thiophene rings is 1. The van der Waals surface area contributed by atoms with Gasteiger partial charge in [0.1, 0.15) is 0 Å². The molecule has 4 heteroatoms. The molecule has 0 aliphatic carbocycles. The molecule has 0 saturated heterocycles. The first-order valence-corrected chi connectivity index (χ1v) is 6.23. The lowest BCUT2D eigenvalue weighted by Crippen LogP contribution is -2.18. The highest BCUT2D eigenvalue weighted by Gasteiger charge is 2.03. The number of rotatable bonds is 2. The molecule has 2 nitrogen and oxygen atoms in total. The van der Waals surface area contributed by atoms with Crippen LogP contribution in [0.3, 0.4) is 0 Å². The number of pyridine rings is 1. The summed E-state index contributed by atoms with van der Waals surface area (Å²) in [7, 11) is 0. The van der Waals surface area contributed by atoms with Crippen LogP contribution in [0.25, 0.3) is 0 Å². The van der Waals surface area contributed by atoms with Crippen LogP contribution in [0.2, 0.25) is 0 Å². The Morgan fingerprint density at radius 3 is 2.87 bits per heavy atom. The van der Waals surface area contributed by atoms with Gasteiger partial charge in [-0.1, -0.05) is 0 Å². The first-order valence-electron chi connectivity index (χ1n) is 4.56. The number of hydrogen-bond donors (Lipinski definition) is 0. The summed E-state index contributed by atoms with van der Waals surface area (Å²) >= 11 is 5.11. The zero-order chi connectivity index (χ0) is 10.8. The van der Waals surface area contributed by atoms with Gasteiger partial charge in [-0.05, 0) is 45.9 Å². The fraction of sp³-hybridized carbons (Fsp3) is 0.182. The normalized spacial score (nSPS) is 10.5. The van der Waals surface area contributed by atoms with E-state index in [-0.39, 0.29) is 5.56 Å². The van der Waals surface area contributed by atoms with Crippen LogP contribution < -0.4 is 5.56 Å². The zero-order valence-corrected chi connectivity index (χ0v) is 10.6. The van der Waals surface area contributed by atoms with E-state index in [1.165, 1.54) is 4.88 Å². The summed E-state index contributed by atoms with van der Waals surface area (Å²) in [5, 5.41) is 2.01. The Labute approximate surface area is 100 Å². The van der Waals surface area contributed by atoms with Crippen molar-refractivity contribution in [3.8, 4) is 0 Å². The lowest BCUT2D eigenvalue weighted by molar-refractivity contribution is 0.765. The maximum atomic E-state index is 11.6. The van der Waals surface area contributed by atoms with E-state index in [0.717, 1.165) is 10.0 Å². The van der Waals surface area contributed by atoms with Gasteiger partial charge in [0.05, 0.1) is 6.54 Å². The van der Waals surface area contributed by atoms with Gasteiger partial charge >= 0.3 is 0 Å². The van der Waals surface area contributed by atoms with Crippen LogP contribution in [0.15, 0.2) is 39.0 Å². The van der Waals surface area contributed by atoms with Gasteiger partial charge in [0.2, 0.25) is 0 Å². The second kappa shape index (κ2) is 4.33. The minimum atomic E-state index is 0.0512. The van der Waals surface area contributed by atoms with E-state index in [2.05, 4.69) is 15.9 Å². The Kier molecular flexibility index (Phi) is 3.07. The van der Waals surface area contributed by atoms with Gasteiger partial charge < -0.3 is 4.57 Å². The monoisotopic (exact) mass is 283 g/mol. The number of halogens is 1. The minimum absolute atomic E-state index is 0.0512. The van der Waals surface area contributed by atoms with E-state index >= 15 is 0 Å². The summed E-state index contributed by atoms with van der Waals surface area (Å²) in [6.45, 7) is 2.56. The van der Waals surface area contributed by atoms with Crippen LogP contribution in [0.1, 0.15) is 10.4 Å². The second-order valence-corrected chi connectivity index (χ2v) is 5.22. The number of aromatic nitrogens is 1. The third-order valence-electron chi connectivity index (χ3n) is 2.16. The molecule has 0 aliphatic heterocycles. The Morgan fingerprint density at radius 1 is 1.47 bits per heavy atom. The molecule has 0 bridgehead atoms. The largest absolute Gasteiger partial charge is 0.310 e. The smallest absolute Gasteiger partial charge is 0.251 e. The standard InChI is InChI=1S/C11H10BrNOS/c1-8-2-4-13(11(14)6-8)7-10-9(12)3-5-15-10/h2-6H,7H2,1H3. The number of hydrogen-bond acceptors (Lipinski definition) is 2. The predicted octanol–water partition coefficient (Wildman–Crippen LogP) is 3.03. The van der Waals surface area contributed by atoms with Crippen molar-refractivity contribution >= 4 is 27.3 Å². The molecule has 0 saturated carbocycles. The highest BCUT2D eigenvalue weighted by molar-refractivity contribution is 9.10. The van der Waals surface area contributed by atoms with Crippen molar-refractivity contribution in [2.75, 3.05) is 0 Å². The Hall–Kier alpha value is -0.870. The molecule has 2 rings (SSSR count). The van der Waals surface area contributed by atoms with E-state index in [1.54, 1.807) is 22.0 Å². The van der Waals surface area contributed by atoms with Crippen LogP contribution >= 0.6 is 27.3 Å². The third kappa shape index (κ3) is 2.38. The molecule has 0 aromatic carbocycles. The quantitative estimate of drug-likeness (QED) is 0.831. The summed E-state index contributed by atoms with van der Waals surface area (Å²) in [5.74, 6) is 0. The molecule has 0 spiro atoms. The van der Waals surface area contributed by atoms with E-state index < -0.39 is 0 Å². The fourth-order valence-corrected chi connectivity index (χ4v) is 2.81. The Balaban J connectivity index is 2.33. The van der Waals surface area contributed by atoms with Crippen LogP contribution in [0.4, 0.5) is 0 Å². The van der Waals surface area contributed by atoms with Crippen molar-refractivity contribution in [3.63, 3.8) is 0 Å². The highest BCUT2D eigenvalue weighted by atomic mass is 79.9. The van der Waals surface area contributed by atoms with Crippen molar-refractivity contribution in [2.24, 2.45) is 0 Å². The van der Waals surface area contributed by atoms with E-state index in [9.17, 15) is 4.79 Å². The predicted molar refractivity (Wildman–Crippen MR) is 66.6 cm³/mol. The molecular formula is C11H10BrNOS. The fourth-order valence-electron chi connectivity index (χ4n) is 1.33. The summed E-state index contributed by atoms with van der Waals surface area (Å²) in [4.78, 5) is 12.8. The molecule has 2 heterocycles. The topological polar surface area (TPSA) is 22.0 Å². The molecule has 15 heavy (non-hydrogen) atoms. The number of aryl methyl sites for hydroxylation is 1. The van der Waals surface area contributed by atoms with Crippen molar-refractivity contribution in [3.05, 3.63) is 55.0 Å². The van der Waals surface area contributed by atoms with E-state index in [0.29, 0.717) is 6.54 Å². The molecule has 0 atom stereocenters. The van der Waals surface area contributed by atoms with Gasteiger partial charge in [-0.15, -0.1) is 11.3 Å². The molecule has 0 fully saturated rings. The second-order valence-electron chi connectivity index (χ2n) is 3.36. The molecule has 78 valence electrons. The highest BCUT2D eigenvalue weighted by Crippen LogP contribution is 2.22. The van der Waals surface area contributed by atoms with Crippen molar-refractivity contribution < 1.29 is 0 Å². The maximum absolute atomic E-state index is 11.6.